The number of phenols is 1. The summed E-state index contributed by atoms with van der Waals surface area (Å²) in [6, 6.07) is 8.39. The Morgan fingerprint density at radius 1 is 1.26 bits per heavy atom. The van der Waals surface area contributed by atoms with E-state index in [9.17, 15) is 9.90 Å². The zero-order chi connectivity index (χ0) is 16.4. The minimum Gasteiger partial charge on any atom is -0.503 e. The quantitative estimate of drug-likeness (QED) is 0.649. The van der Waals surface area contributed by atoms with E-state index in [0.29, 0.717) is 27.3 Å². The van der Waals surface area contributed by atoms with E-state index in [1.165, 1.54) is 13.2 Å². The summed E-state index contributed by atoms with van der Waals surface area (Å²) in [6.07, 6.45) is 3.11. The fourth-order valence-corrected chi connectivity index (χ4v) is 2.62. The highest BCUT2D eigenvalue weighted by molar-refractivity contribution is 9.10. The van der Waals surface area contributed by atoms with E-state index in [0.717, 1.165) is 5.56 Å². The molecule has 2 aromatic rings. The van der Waals surface area contributed by atoms with Crippen LogP contribution in [0.5, 0.6) is 23.0 Å². The maximum Gasteiger partial charge on any atom is 0.231 e. The lowest BCUT2D eigenvalue weighted by molar-refractivity contribution is 0.104. The molecule has 118 valence electrons. The highest BCUT2D eigenvalue weighted by Crippen LogP contribution is 2.36. The molecule has 0 saturated heterocycles. The smallest absolute Gasteiger partial charge is 0.231 e. The molecule has 0 aliphatic carbocycles. The Hall–Kier alpha value is -2.47. The lowest BCUT2D eigenvalue weighted by atomic mass is 10.1. The Kier molecular flexibility index (Phi) is 4.25. The van der Waals surface area contributed by atoms with Crippen molar-refractivity contribution in [1.82, 2.24) is 0 Å². The molecule has 0 radical (unpaired) electrons. The molecular formula is C17H13BrO5. The Morgan fingerprint density at radius 2 is 2.04 bits per heavy atom. The first kappa shape index (κ1) is 15.4. The number of carbonyl (C=O) groups excluding carboxylic acids is 1. The van der Waals surface area contributed by atoms with E-state index < -0.39 is 0 Å². The zero-order valence-corrected chi connectivity index (χ0v) is 13.8. The van der Waals surface area contributed by atoms with Crippen LogP contribution in [-0.2, 0) is 0 Å². The van der Waals surface area contributed by atoms with Crippen molar-refractivity contribution in [3.63, 3.8) is 0 Å². The van der Waals surface area contributed by atoms with Gasteiger partial charge in [-0.1, -0.05) is 6.08 Å². The van der Waals surface area contributed by atoms with Crippen LogP contribution < -0.4 is 14.2 Å². The van der Waals surface area contributed by atoms with E-state index in [1.807, 2.05) is 0 Å². The van der Waals surface area contributed by atoms with Gasteiger partial charge in [0.25, 0.3) is 0 Å². The third kappa shape index (κ3) is 3.17. The molecule has 23 heavy (non-hydrogen) atoms. The van der Waals surface area contributed by atoms with Gasteiger partial charge in [0, 0.05) is 5.56 Å². The van der Waals surface area contributed by atoms with Gasteiger partial charge < -0.3 is 19.3 Å². The fraction of sp³-hybridized carbons (Fsp3) is 0.118. The van der Waals surface area contributed by atoms with Crippen LogP contribution in [-0.4, -0.2) is 24.8 Å². The van der Waals surface area contributed by atoms with E-state index in [2.05, 4.69) is 15.9 Å². The highest BCUT2D eigenvalue weighted by Gasteiger charge is 2.15. The first-order valence-corrected chi connectivity index (χ1v) is 7.56. The number of aromatic hydroxyl groups is 1. The predicted octanol–water partition coefficient (Wildman–Crippen LogP) is 3.79. The van der Waals surface area contributed by atoms with Crippen molar-refractivity contribution < 1.29 is 24.1 Å². The largest absolute Gasteiger partial charge is 0.503 e. The van der Waals surface area contributed by atoms with Gasteiger partial charge in [0.15, 0.2) is 28.8 Å². The van der Waals surface area contributed by atoms with Crippen molar-refractivity contribution in [2.24, 2.45) is 0 Å². The number of halogens is 1. The highest BCUT2D eigenvalue weighted by atomic mass is 79.9. The van der Waals surface area contributed by atoms with Gasteiger partial charge in [-0.15, -0.1) is 0 Å². The Morgan fingerprint density at radius 3 is 2.83 bits per heavy atom. The molecular weight excluding hydrogens is 364 g/mol. The molecule has 0 spiro atoms. The van der Waals surface area contributed by atoms with Crippen LogP contribution in [0.1, 0.15) is 15.9 Å². The molecule has 0 amide bonds. The number of rotatable bonds is 4. The SMILES string of the molecule is COc1cc(C=CC(=O)c2ccc3c(c2)OCO3)cc(Br)c1O. The fourth-order valence-electron chi connectivity index (χ4n) is 2.16. The molecule has 3 rings (SSSR count). The van der Waals surface area contributed by atoms with Crippen molar-refractivity contribution >= 4 is 27.8 Å². The van der Waals surface area contributed by atoms with Crippen LogP contribution in [0.4, 0.5) is 0 Å². The summed E-state index contributed by atoms with van der Waals surface area (Å²) in [4.78, 5) is 12.2. The number of fused-ring (bicyclic) bond motifs is 1. The van der Waals surface area contributed by atoms with Crippen LogP contribution in [0.3, 0.4) is 0 Å². The van der Waals surface area contributed by atoms with Crippen LogP contribution in [0.15, 0.2) is 40.9 Å². The number of ketones is 1. The standard InChI is InChI=1S/C17H13BrO5/c1-21-16-7-10(6-12(18)17(16)20)2-4-13(19)11-3-5-14-15(8-11)23-9-22-14/h2-8,20H,9H2,1H3. The molecule has 1 heterocycles. The molecule has 5 nitrogen and oxygen atoms in total. The van der Waals surface area contributed by atoms with Crippen molar-refractivity contribution in [1.29, 1.82) is 0 Å². The number of carbonyl (C=O) groups is 1. The number of ether oxygens (including phenoxy) is 3. The Labute approximate surface area is 141 Å². The van der Waals surface area contributed by atoms with E-state index in [1.54, 1.807) is 36.4 Å². The van der Waals surface area contributed by atoms with Gasteiger partial charge in [0.1, 0.15) is 0 Å². The van der Waals surface area contributed by atoms with Crippen molar-refractivity contribution in [3.8, 4) is 23.0 Å². The van der Waals surface area contributed by atoms with Crippen molar-refractivity contribution in [2.45, 2.75) is 0 Å². The van der Waals surface area contributed by atoms with E-state index in [-0.39, 0.29) is 18.3 Å². The third-order valence-corrected chi connectivity index (χ3v) is 3.96. The predicted molar refractivity (Wildman–Crippen MR) is 88.3 cm³/mol. The Balaban J connectivity index is 1.82. The second-order valence-electron chi connectivity index (χ2n) is 4.82. The molecule has 0 bridgehead atoms. The van der Waals surface area contributed by atoms with Crippen molar-refractivity contribution in [3.05, 3.63) is 52.0 Å². The number of hydrogen-bond donors (Lipinski definition) is 1. The summed E-state index contributed by atoms with van der Waals surface area (Å²) in [6.45, 7) is 0.171. The monoisotopic (exact) mass is 376 g/mol. The molecule has 6 heteroatoms. The normalized spacial score (nSPS) is 12.6. The number of allylic oxidation sites excluding steroid dienone is 1. The van der Waals surface area contributed by atoms with E-state index >= 15 is 0 Å². The molecule has 0 atom stereocenters. The second-order valence-corrected chi connectivity index (χ2v) is 5.67. The van der Waals surface area contributed by atoms with E-state index in [4.69, 9.17) is 14.2 Å². The van der Waals surface area contributed by atoms with Crippen molar-refractivity contribution in [2.75, 3.05) is 13.9 Å². The summed E-state index contributed by atoms with van der Waals surface area (Å²) in [5.41, 5.74) is 1.23. The minimum absolute atomic E-state index is 0.0201. The first-order chi connectivity index (χ1) is 11.1. The maximum absolute atomic E-state index is 12.2. The molecule has 1 N–H and O–H groups in total. The van der Waals surface area contributed by atoms with Crippen LogP contribution in [0, 0.1) is 0 Å². The lowest BCUT2D eigenvalue weighted by Crippen LogP contribution is -1.94. The summed E-state index contributed by atoms with van der Waals surface area (Å²) < 4.78 is 16.1. The van der Waals surface area contributed by atoms with Gasteiger partial charge >= 0.3 is 0 Å². The van der Waals surface area contributed by atoms with Crippen LogP contribution in [0.25, 0.3) is 6.08 Å². The van der Waals surface area contributed by atoms with Gasteiger partial charge in [0.2, 0.25) is 6.79 Å². The molecule has 0 aromatic heterocycles. The minimum atomic E-state index is -0.161. The number of phenolic OH excluding ortho intramolecular Hbond substituents is 1. The van der Waals surface area contributed by atoms with Gasteiger partial charge in [-0.3, -0.25) is 4.79 Å². The molecule has 0 fully saturated rings. The maximum atomic E-state index is 12.2. The molecule has 1 aliphatic heterocycles. The van der Waals surface area contributed by atoms with Gasteiger partial charge in [-0.05, 0) is 57.9 Å². The van der Waals surface area contributed by atoms with Gasteiger partial charge in [0.05, 0.1) is 11.6 Å². The second kappa shape index (κ2) is 6.34. The third-order valence-electron chi connectivity index (χ3n) is 3.35. The molecule has 2 aromatic carbocycles. The summed E-state index contributed by atoms with van der Waals surface area (Å²) in [5.74, 6) is 1.39. The first-order valence-electron chi connectivity index (χ1n) is 6.77. The average Bonchev–Trinajstić information content (AvgIpc) is 3.03. The lowest BCUT2D eigenvalue weighted by Gasteiger charge is -2.06. The average molecular weight is 377 g/mol. The van der Waals surface area contributed by atoms with Crippen LogP contribution >= 0.6 is 15.9 Å². The zero-order valence-electron chi connectivity index (χ0n) is 12.2. The van der Waals surface area contributed by atoms with Crippen LogP contribution in [0.2, 0.25) is 0 Å². The number of benzene rings is 2. The molecule has 1 aliphatic rings. The summed E-state index contributed by atoms with van der Waals surface area (Å²) >= 11 is 3.24. The van der Waals surface area contributed by atoms with Gasteiger partial charge in [-0.25, -0.2) is 0 Å². The van der Waals surface area contributed by atoms with Gasteiger partial charge in [-0.2, -0.15) is 0 Å². The Bertz CT molecular complexity index is 798. The number of methoxy groups -OCH3 is 1. The number of hydrogen-bond acceptors (Lipinski definition) is 5. The summed E-state index contributed by atoms with van der Waals surface area (Å²) in [7, 11) is 1.47. The molecule has 0 unspecified atom stereocenters. The molecule has 0 saturated carbocycles. The topological polar surface area (TPSA) is 65.0 Å². The summed E-state index contributed by atoms with van der Waals surface area (Å²) in [5, 5.41) is 9.78.